The van der Waals surface area contributed by atoms with Gasteiger partial charge in [0.1, 0.15) is 39.4 Å². The first-order valence-corrected chi connectivity index (χ1v) is 13.3. The molecule has 0 amide bonds. The van der Waals surface area contributed by atoms with Crippen LogP contribution in [0.3, 0.4) is 0 Å². The van der Waals surface area contributed by atoms with Crippen molar-refractivity contribution in [1.82, 2.24) is 19.6 Å². The van der Waals surface area contributed by atoms with Crippen molar-refractivity contribution < 1.29 is 18.3 Å². The maximum Gasteiger partial charge on any atom is 0.212 e. The molecule has 1 aromatic carbocycles. The van der Waals surface area contributed by atoms with Crippen LogP contribution < -0.4 is 9.47 Å². The molecule has 5 aromatic rings. The molecule has 7 nitrogen and oxygen atoms in total. The summed E-state index contributed by atoms with van der Waals surface area (Å²) in [6.45, 7) is 4.17. The number of methoxy groups -OCH3 is 1. The maximum atomic E-state index is 15.5. The first-order chi connectivity index (χ1) is 16.9. The molecule has 0 aliphatic heterocycles. The fourth-order valence-electron chi connectivity index (χ4n) is 4.59. The van der Waals surface area contributed by atoms with Gasteiger partial charge in [0.05, 0.1) is 24.4 Å². The van der Waals surface area contributed by atoms with Gasteiger partial charge in [0, 0.05) is 17.0 Å². The number of imidazole rings is 1. The number of ether oxygens (including phenoxy) is 2. The van der Waals surface area contributed by atoms with Gasteiger partial charge in [0.2, 0.25) is 4.96 Å². The van der Waals surface area contributed by atoms with Gasteiger partial charge in [-0.25, -0.2) is 18.9 Å². The van der Waals surface area contributed by atoms with Crippen LogP contribution in [0.4, 0.5) is 4.39 Å². The van der Waals surface area contributed by atoms with Crippen LogP contribution in [-0.4, -0.2) is 26.7 Å². The summed E-state index contributed by atoms with van der Waals surface area (Å²) in [6, 6.07) is 5.58. The summed E-state index contributed by atoms with van der Waals surface area (Å²) in [4.78, 5) is 11.1. The summed E-state index contributed by atoms with van der Waals surface area (Å²) in [5.41, 5.74) is 0.796. The highest BCUT2D eigenvalue weighted by Crippen LogP contribution is 2.43. The van der Waals surface area contributed by atoms with Crippen LogP contribution in [0.1, 0.15) is 52.7 Å². The van der Waals surface area contributed by atoms with Crippen LogP contribution in [0, 0.1) is 13.8 Å². The topological polar surface area (TPSA) is 74.7 Å². The highest BCUT2D eigenvalue weighted by molar-refractivity contribution is 7.16. The summed E-state index contributed by atoms with van der Waals surface area (Å²) < 4.78 is 35.0. The van der Waals surface area contributed by atoms with E-state index >= 15 is 4.39 Å². The Hall–Kier alpha value is -2.98. The number of fused-ring (bicyclic) bond motifs is 2. The van der Waals surface area contributed by atoms with E-state index < -0.39 is 5.67 Å². The lowest BCUT2D eigenvalue weighted by molar-refractivity contribution is 0.105. The minimum absolute atomic E-state index is 0.241. The molecule has 0 spiro atoms. The second-order valence-corrected chi connectivity index (χ2v) is 11.3. The average Bonchev–Trinajstić information content (AvgIpc) is 3.60. The SMILES string of the molecule is COc1cc(OCc2nc(C3(F)CCCCC3)sc2C)c2cc(-c3cn4nc(C)sc4n3)oc2c1. The molecule has 6 rings (SSSR count). The number of benzene rings is 1. The van der Waals surface area contributed by atoms with Gasteiger partial charge in [-0.1, -0.05) is 17.8 Å². The Balaban J connectivity index is 1.30. The average molecular weight is 513 g/mol. The molecule has 0 atom stereocenters. The largest absolute Gasteiger partial charge is 0.496 e. The zero-order valence-corrected chi connectivity index (χ0v) is 21.4. The number of aryl methyl sites for hydroxylation is 2. The minimum atomic E-state index is -1.31. The number of hydrogen-bond donors (Lipinski definition) is 0. The zero-order chi connectivity index (χ0) is 24.2. The Morgan fingerprint density at radius 3 is 2.71 bits per heavy atom. The standard InChI is InChI=1S/C25H25FN4O3S2/c1-14-19(27-23(34-14)25(26)7-5-4-6-8-25)13-32-20-9-16(31-3)10-21-17(20)11-22(33-21)18-12-30-24(28-18)35-15(2)29-30/h9-12H,4-8,13H2,1-3H3. The summed E-state index contributed by atoms with van der Waals surface area (Å²) in [5, 5.41) is 6.76. The van der Waals surface area contributed by atoms with Crippen LogP contribution in [0.25, 0.3) is 27.4 Å². The van der Waals surface area contributed by atoms with E-state index in [1.165, 1.54) is 22.7 Å². The fourth-order valence-corrected chi connectivity index (χ4v) is 6.37. The lowest BCUT2D eigenvalue weighted by atomic mass is 9.87. The first kappa shape index (κ1) is 22.5. The Morgan fingerprint density at radius 1 is 1.11 bits per heavy atom. The molecule has 1 saturated carbocycles. The van der Waals surface area contributed by atoms with Gasteiger partial charge in [-0.3, -0.25) is 0 Å². The van der Waals surface area contributed by atoms with Crippen molar-refractivity contribution in [3.05, 3.63) is 45.0 Å². The van der Waals surface area contributed by atoms with Gasteiger partial charge < -0.3 is 13.9 Å². The van der Waals surface area contributed by atoms with Crippen LogP contribution in [0.5, 0.6) is 11.5 Å². The summed E-state index contributed by atoms with van der Waals surface area (Å²) in [6.07, 6.45) is 5.88. The molecule has 4 aromatic heterocycles. The van der Waals surface area contributed by atoms with Gasteiger partial charge in [-0.2, -0.15) is 5.10 Å². The maximum absolute atomic E-state index is 15.5. The number of furan rings is 1. The molecule has 35 heavy (non-hydrogen) atoms. The third-order valence-corrected chi connectivity index (χ3v) is 8.52. The molecule has 1 fully saturated rings. The van der Waals surface area contributed by atoms with E-state index in [1.807, 2.05) is 38.2 Å². The molecular weight excluding hydrogens is 487 g/mol. The first-order valence-electron chi connectivity index (χ1n) is 11.7. The summed E-state index contributed by atoms with van der Waals surface area (Å²) in [5.74, 6) is 1.86. The normalized spacial score (nSPS) is 15.8. The predicted octanol–water partition coefficient (Wildman–Crippen LogP) is 6.99. The quantitative estimate of drug-likeness (QED) is 0.244. The molecule has 182 valence electrons. The van der Waals surface area contributed by atoms with E-state index in [2.05, 4.69) is 15.1 Å². The van der Waals surface area contributed by atoms with Crippen molar-refractivity contribution in [1.29, 1.82) is 0 Å². The second kappa shape index (κ2) is 8.60. The van der Waals surface area contributed by atoms with Gasteiger partial charge in [-0.15, -0.1) is 11.3 Å². The van der Waals surface area contributed by atoms with Crippen LogP contribution in [0.2, 0.25) is 0 Å². The minimum Gasteiger partial charge on any atom is -0.496 e. The molecule has 10 heteroatoms. The number of alkyl halides is 1. The van der Waals surface area contributed by atoms with Crippen molar-refractivity contribution in [3.63, 3.8) is 0 Å². The van der Waals surface area contributed by atoms with Gasteiger partial charge in [0.15, 0.2) is 11.4 Å². The third kappa shape index (κ3) is 4.08. The molecule has 1 aliphatic rings. The van der Waals surface area contributed by atoms with Crippen molar-refractivity contribution in [2.75, 3.05) is 7.11 Å². The van der Waals surface area contributed by atoms with Gasteiger partial charge in [0.25, 0.3) is 0 Å². The number of nitrogens with zero attached hydrogens (tertiary/aromatic N) is 4. The Bertz CT molecular complexity index is 1500. The summed E-state index contributed by atoms with van der Waals surface area (Å²) >= 11 is 2.97. The Labute approximate surface area is 209 Å². The molecule has 1 aliphatic carbocycles. The van der Waals surface area contributed by atoms with E-state index in [-0.39, 0.29) is 6.61 Å². The number of halogens is 1. The van der Waals surface area contributed by atoms with E-state index in [1.54, 1.807) is 11.6 Å². The molecular formula is C25H25FN4O3S2. The fraction of sp³-hybridized carbons (Fsp3) is 0.400. The molecule has 0 bridgehead atoms. The van der Waals surface area contributed by atoms with Gasteiger partial charge in [-0.05, 0) is 45.6 Å². The van der Waals surface area contributed by atoms with Crippen molar-refractivity contribution in [2.24, 2.45) is 0 Å². The molecule has 4 heterocycles. The van der Waals surface area contributed by atoms with E-state index in [0.29, 0.717) is 46.4 Å². The van der Waals surface area contributed by atoms with Gasteiger partial charge >= 0.3 is 0 Å². The highest BCUT2D eigenvalue weighted by Gasteiger charge is 2.37. The van der Waals surface area contributed by atoms with E-state index in [4.69, 9.17) is 13.9 Å². The smallest absolute Gasteiger partial charge is 0.212 e. The lowest BCUT2D eigenvalue weighted by Crippen LogP contribution is -2.23. The number of aromatic nitrogens is 4. The van der Waals surface area contributed by atoms with E-state index in [0.717, 1.165) is 45.2 Å². The van der Waals surface area contributed by atoms with Crippen LogP contribution in [0.15, 0.2) is 28.8 Å². The molecule has 0 radical (unpaired) electrons. The van der Waals surface area contributed by atoms with Crippen molar-refractivity contribution in [3.8, 4) is 23.0 Å². The summed E-state index contributed by atoms with van der Waals surface area (Å²) in [7, 11) is 1.61. The number of rotatable bonds is 6. The van der Waals surface area contributed by atoms with Crippen molar-refractivity contribution >= 4 is 38.6 Å². The number of hydrogen-bond acceptors (Lipinski definition) is 8. The zero-order valence-electron chi connectivity index (χ0n) is 19.8. The Morgan fingerprint density at radius 2 is 1.94 bits per heavy atom. The Kier molecular flexibility index (Phi) is 5.52. The predicted molar refractivity (Wildman–Crippen MR) is 134 cm³/mol. The van der Waals surface area contributed by atoms with Crippen LogP contribution >= 0.6 is 22.7 Å². The molecule has 0 saturated heterocycles. The van der Waals surface area contributed by atoms with Crippen molar-refractivity contribution in [2.45, 2.75) is 58.2 Å². The molecule has 0 N–H and O–H groups in total. The molecule has 0 unspecified atom stereocenters. The lowest BCUT2D eigenvalue weighted by Gasteiger charge is -2.27. The third-order valence-electron chi connectivity index (χ3n) is 6.49. The van der Waals surface area contributed by atoms with Crippen LogP contribution in [-0.2, 0) is 12.3 Å². The highest BCUT2D eigenvalue weighted by atomic mass is 32.1. The number of thiazole rings is 1. The monoisotopic (exact) mass is 512 g/mol. The van der Waals surface area contributed by atoms with E-state index in [9.17, 15) is 0 Å². The second-order valence-electron chi connectivity index (χ2n) is 8.96.